The Morgan fingerprint density at radius 2 is 2.14 bits per heavy atom. The van der Waals surface area contributed by atoms with Gasteiger partial charge in [-0.1, -0.05) is 6.92 Å². The molecule has 5 heteroatoms. The van der Waals surface area contributed by atoms with Crippen LogP contribution in [0.3, 0.4) is 0 Å². The van der Waals surface area contributed by atoms with Crippen molar-refractivity contribution >= 4 is 11.9 Å². The van der Waals surface area contributed by atoms with Crippen LogP contribution in [0.25, 0.3) is 0 Å². The smallest absolute Gasteiger partial charge is 0.334 e. The van der Waals surface area contributed by atoms with Crippen molar-refractivity contribution in [1.29, 1.82) is 0 Å². The molecule has 0 aromatic rings. The molecule has 2 N–H and O–H groups in total. The van der Waals surface area contributed by atoms with Gasteiger partial charge in [-0.25, -0.2) is 4.79 Å². The summed E-state index contributed by atoms with van der Waals surface area (Å²) in [6.45, 7) is 2.57. The number of carbonyl (C=O) groups excluding carboxylic acids is 2. The second kappa shape index (κ2) is 7.32. The maximum atomic E-state index is 11.0. The summed E-state index contributed by atoms with van der Waals surface area (Å²) in [5, 5.41) is 11.8. The number of nitrogens with one attached hydrogen (secondary N) is 1. The Morgan fingerprint density at radius 3 is 2.64 bits per heavy atom. The highest BCUT2D eigenvalue weighted by Gasteiger charge is 2.16. The van der Waals surface area contributed by atoms with Gasteiger partial charge in [0.05, 0.1) is 7.11 Å². The van der Waals surface area contributed by atoms with E-state index in [0.29, 0.717) is 6.54 Å². The van der Waals surface area contributed by atoms with E-state index in [-0.39, 0.29) is 18.7 Å². The van der Waals surface area contributed by atoms with E-state index in [1.165, 1.54) is 7.11 Å². The Kier molecular flexibility index (Phi) is 6.74. The van der Waals surface area contributed by atoms with Gasteiger partial charge in [0, 0.05) is 13.0 Å². The van der Waals surface area contributed by atoms with Gasteiger partial charge in [0.2, 0.25) is 5.91 Å². The molecule has 0 bridgehead atoms. The van der Waals surface area contributed by atoms with Crippen LogP contribution in [0.1, 0.15) is 26.2 Å². The van der Waals surface area contributed by atoms with Crippen LogP contribution in [0.2, 0.25) is 0 Å². The summed E-state index contributed by atoms with van der Waals surface area (Å²) in [4.78, 5) is 21.8. The summed E-state index contributed by atoms with van der Waals surface area (Å²) in [6.07, 6.45) is -0.101. The summed E-state index contributed by atoms with van der Waals surface area (Å²) >= 11 is 0. The van der Waals surface area contributed by atoms with Crippen LogP contribution in [0.15, 0.2) is 0 Å². The van der Waals surface area contributed by atoms with Crippen LogP contribution in [0.5, 0.6) is 0 Å². The van der Waals surface area contributed by atoms with Crippen molar-refractivity contribution in [3.8, 4) is 0 Å². The average molecular weight is 203 g/mol. The third-order valence-corrected chi connectivity index (χ3v) is 1.69. The van der Waals surface area contributed by atoms with Gasteiger partial charge >= 0.3 is 5.97 Å². The predicted molar refractivity (Wildman–Crippen MR) is 50.6 cm³/mol. The van der Waals surface area contributed by atoms with Crippen molar-refractivity contribution in [2.75, 3.05) is 13.7 Å². The normalized spacial score (nSPS) is 11.9. The largest absolute Gasteiger partial charge is 0.467 e. The topological polar surface area (TPSA) is 75.6 Å². The molecule has 1 atom stereocenters. The number of amides is 1. The minimum atomic E-state index is -1.20. The quantitative estimate of drug-likeness (QED) is 0.587. The fraction of sp³-hybridized carbons (Fsp3) is 0.778. The minimum Gasteiger partial charge on any atom is -0.467 e. The Hall–Kier alpha value is -1.10. The van der Waals surface area contributed by atoms with Crippen molar-refractivity contribution < 1.29 is 19.4 Å². The zero-order chi connectivity index (χ0) is 11.0. The summed E-state index contributed by atoms with van der Waals surface area (Å²) in [5.74, 6) is -0.858. The number of rotatable bonds is 6. The van der Waals surface area contributed by atoms with Crippen LogP contribution in [-0.4, -0.2) is 36.7 Å². The maximum Gasteiger partial charge on any atom is 0.334 e. The van der Waals surface area contributed by atoms with Gasteiger partial charge in [-0.05, 0) is 12.8 Å². The second-order valence-corrected chi connectivity index (χ2v) is 2.93. The monoisotopic (exact) mass is 203 g/mol. The molecule has 0 saturated heterocycles. The van der Waals surface area contributed by atoms with Crippen LogP contribution in [-0.2, 0) is 14.3 Å². The molecule has 0 heterocycles. The lowest BCUT2D eigenvalue weighted by Gasteiger charge is -2.07. The van der Waals surface area contributed by atoms with Gasteiger partial charge in [0.25, 0.3) is 0 Å². The summed E-state index contributed by atoms with van der Waals surface area (Å²) in [7, 11) is 1.20. The molecule has 0 aliphatic rings. The highest BCUT2D eigenvalue weighted by atomic mass is 16.5. The molecule has 0 radical (unpaired) electrons. The minimum absolute atomic E-state index is 0.0994. The number of aliphatic hydroxyl groups is 1. The molecule has 0 aromatic heterocycles. The van der Waals surface area contributed by atoms with E-state index in [1.807, 2.05) is 6.92 Å². The number of hydrogen-bond donors (Lipinski definition) is 2. The molecule has 0 fully saturated rings. The number of aliphatic hydroxyl groups excluding tert-OH is 1. The van der Waals surface area contributed by atoms with Crippen molar-refractivity contribution in [3.63, 3.8) is 0 Å². The average Bonchev–Trinajstić information content (AvgIpc) is 2.21. The Bertz CT molecular complexity index is 193. The maximum absolute atomic E-state index is 11.0. The molecule has 14 heavy (non-hydrogen) atoms. The highest BCUT2D eigenvalue weighted by Crippen LogP contribution is 1.98. The molecule has 0 aliphatic carbocycles. The summed E-state index contributed by atoms with van der Waals surface area (Å²) < 4.78 is 4.30. The number of carbonyl (C=O) groups is 2. The number of esters is 1. The molecule has 5 nitrogen and oxygen atoms in total. The van der Waals surface area contributed by atoms with Crippen molar-refractivity contribution in [2.24, 2.45) is 0 Å². The lowest BCUT2D eigenvalue weighted by molar-refractivity contribution is -0.150. The van der Waals surface area contributed by atoms with Gasteiger partial charge in [0.1, 0.15) is 0 Å². The zero-order valence-corrected chi connectivity index (χ0v) is 8.58. The number of ether oxygens (including phenoxy) is 1. The lowest BCUT2D eigenvalue weighted by atomic mass is 10.2. The second-order valence-electron chi connectivity index (χ2n) is 2.93. The SMILES string of the molecule is CCCNC(=O)CC[C@@H](O)C(=O)OC. The van der Waals surface area contributed by atoms with Crippen molar-refractivity contribution in [1.82, 2.24) is 5.32 Å². The van der Waals surface area contributed by atoms with E-state index in [9.17, 15) is 9.59 Å². The van der Waals surface area contributed by atoms with Crippen LogP contribution < -0.4 is 5.32 Å². The first-order chi connectivity index (χ1) is 6.61. The molecule has 0 spiro atoms. The van der Waals surface area contributed by atoms with E-state index >= 15 is 0 Å². The van der Waals surface area contributed by atoms with Crippen LogP contribution >= 0.6 is 0 Å². The van der Waals surface area contributed by atoms with Gasteiger partial charge in [-0.2, -0.15) is 0 Å². The first-order valence-electron chi connectivity index (χ1n) is 4.64. The number of methoxy groups -OCH3 is 1. The predicted octanol–water partition coefficient (Wildman–Crippen LogP) is -0.173. The van der Waals surface area contributed by atoms with Gasteiger partial charge in [-0.15, -0.1) is 0 Å². The Labute approximate surface area is 83.4 Å². The van der Waals surface area contributed by atoms with E-state index in [0.717, 1.165) is 6.42 Å². The van der Waals surface area contributed by atoms with E-state index in [2.05, 4.69) is 10.1 Å². The Balaban J connectivity index is 3.60. The summed E-state index contributed by atoms with van der Waals surface area (Å²) in [5.41, 5.74) is 0. The highest BCUT2D eigenvalue weighted by molar-refractivity contribution is 5.78. The van der Waals surface area contributed by atoms with Gasteiger partial charge < -0.3 is 15.2 Å². The van der Waals surface area contributed by atoms with Gasteiger partial charge in [-0.3, -0.25) is 4.79 Å². The Morgan fingerprint density at radius 1 is 1.50 bits per heavy atom. The molecule has 0 rings (SSSR count). The fourth-order valence-electron chi connectivity index (χ4n) is 0.875. The molecular weight excluding hydrogens is 186 g/mol. The summed E-state index contributed by atoms with van der Waals surface area (Å²) in [6, 6.07) is 0. The standard InChI is InChI=1S/C9H17NO4/c1-3-6-10-8(12)5-4-7(11)9(13)14-2/h7,11H,3-6H2,1-2H3,(H,10,12)/t7-/m1/s1. The molecule has 0 unspecified atom stereocenters. The van der Waals surface area contributed by atoms with Crippen molar-refractivity contribution in [3.05, 3.63) is 0 Å². The molecule has 0 aromatic carbocycles. The van der Waals surface area contributed by atoms with E-state index in [4.69, 9.17) is 5.11 Å². The molecule has 0 saturated carbocycles. The first-order valence-corrected chi connectivity index (χ1v) is 4.64. The zero-order valence-electron chi connectivity index (χ0n) is 8.58. The van der Waals surface area contributed by atoms with Gasteiger partial charge in [0.15, 0.2) is 6.10 Å². The fourth-order valence-corrected chi connectivity index (χ4v) is 0.875. The lowest BCUT2D eigenvalue weighted by Crippen LogP contribution is -2.27. The molecule has 1 amide bonds. The molecule has 0 aliphatic heterocycles. The van der Waals surface area contributed by atoms with Crippen LogP contribution in [0, 0.1) is 0 Å². The van der Waals surface area contributed by atoms with Crippen LogP contribution in [0.4, 0.5) is 0 Å². The first kappa shape index (κ1) is 12.9. The van der Waals surface area contributed by atoms with E-state index < -0.39 is 12.1 Å². The molecular formula is C9H17NO4. The van der Waals surface area contributed by atoms with Crippen molar-refractivity contribution in [2.45, 2.75) is 32.3 Å². The third-order valence-electron chi connectivity index (χ3n) is 1.69. The third kappa shape index (κ3) is 5.53. The van der Waals surface area contributed by atoms with E-state index in [1.54, 1.807) is 0 Å². The molecule has 82 valence electrons. The number of hydrogen-bond acceptors (Lipinski definition) is 4.